The number of aliphatic hydroxyl groups is 12. The summed E-state index contributed by atoms with van der Waals surface area (Å²) in [6.45, 7) is -14.5. The first kappa shape index (κ1) is 71.5. The van der Waals surface area contributed by atoms with E-state index in [9.17, 15) is 111 Å². The molecule has 48 nitrogen and oxygen atoms in total. The topological polar surface area (TPSA) is 766 Å². The van der Waals surface area contributed by atoms with Crippen molar-refractivity contribution >= 4 is 31.3 Å². The van der Waals surface area contributed by atoms with E-state index in [4.69, 9.17) is 72.5 Å². The van der Waals surface area contributed by atoms with E-state index in [1.807, 2.05) is 0 Å². The molecule has 4 fully saturated rings. The van der Waals surface area contributed by atoms with Crippen molar-refractivity contribution in [2.45, 2.75) is 124 Å². The third-order valence-electron chi connectivity index (χ3n) is 12.4. The summed E-state index contributed by atoms with van der Waals surface area (Å²) in [5.74, 6) is -14.9. The van der Waals surface area contributed by atoms with Gasteiger partial charge in [0.05, 0.1) is 56.9 Å². The molecule has 8 rings (SSSR count). The van der Waals surface area contributed by atoms with Gasteiger partial charge in [0.25, 0.3) is 45.7 Å². The lowest BCUT2D eigenvalue weighted by Crippen LogP contribution is -2.43. The van der Waals surface area contributed by atoms with Crippen LogP contribution in [0.3, 0.4) is 0 Å². The van der Waals surface area contributed by atoms with Crippen LogP contribution in [0.5, 0.6) is 0 Å². The van der Waals surface area contributed by atoms with Crippen LogP contribution in [0.2, 0.25) is 0 Å². The van der Waals surface area contributed by atoms with Crippen molar-refractivity contribution in [3.8, 4) is 0 Å². The summed E-state index contributed by atoms with van der Waals surface area (Å²) in [4.78, 5) is 169. The van der Waals surface area contributed by atoms with Crippen LogP contribution < -0.4 is 45.0 Å². The minimum Gasteiger partial charge on any atom is -0.391 e. The molecule has 0 saturated carbocycles. The highest BCUT2D eigenvalue weighted by atomic mass is 31.2. The number of H-pyrrole nitrogens is 4. The SMILES string of the molecule is O=c1[nH]c(=O)n([C@@H]2O[C@](F)(COP(=O)(O)O)[C@@H](O)[C@H]2O)cc1CO.[2H]C([2H])(OP(=O)(O)O)[C@@]1(F)O[C@@H](n2cc(CO)c(=O)[nH]c2=O)[C@H](O)[C@@H]1O.[2H]C([2H])(OP(=O)(O)O)[C@@]1(F)O[C@@]([2H])(n2cc(CO)c(=O)[nH]c2=O)[C@H](O)[C@@H]1O.[2H][C@@]1(n2cc(CO)c(=O)[nH]c2=O)O[C@](F)(COP(=O)(O)O)[C@@H](O)[C@H]1O. The molecule has 4 aromatic heterocycles. The van der Waals surface area contributed by atoms with Crippen LogP contribution >= 0.6 is 31.3 Å². The van der Waals surface area contributed by atoms with Gasteiger partial charge in [-0.05, 0) is 0 Å². The van der Waals surface area contributed by atoms with E-state index < -0.39 is 243 Å². The van der Waals surface area contributed by atoms with Gasteiger partial charge in [-0.15, -0.1) is 0 Å². The number of phosphoric acid groups is 4. The highest BCUT2D eigenvalue weighted by Crippen LogP contribution is 2.47. The Balaban J connectivity index is 0.000000245. The number of hydrogen-bond acceptors (Lipinski definition) is 32. The number of halogens is 4. The maximum atomic E-state index is 15.0. The average molecular weight is 1490 g/mol. The molecule has 4 aromatic rings. The Hall–Kier alpha value is -5.76. The molecule has 0 radical (unpaired) electrons. The first-order valence-electron chi connectivity index (χ1n) is 27.9. The number of aliphatic hydroxyl groups excluding tert-OH is 12. The van der Waals surface area contributed by atoms with Gasteiger partial charge in [-0.2, -0.15) is 0 Å². The molecule has 16 atom stereocenters. The average Bonchev–Trinajstić information content (AvgIpc) is 1.57. The van der Waals surface area contributed by atoms with Crippen molar-refractivity contribution in [3.63, 3.8) is 0 Å². The number of nitrogens with one attached hydrogen (secondary N) is 4. The molecule has 8 heterocycles. The Morgan fingerprint density at radius 1 is 0.406 bits per heavy atom. The van der Waals surface area contributed by atoms with Crippen LogP contribution in [0.25, 0.3) is 0 Å². The van der Waals surface area contributed by atoms with Crippen LogP contribution in [-0.4, -0.2) is 237 Å². The minimum absolute atomic E-state index is 0.0444. The molecular weight excluding hydrogens is 1430 g/mol. The zero-order valence-corrected chi connectivity index (χ0v) is 50.1. The van der Waals surface area contributed by atoms with Crippen molar-refractivity contribution < 1.29 is 182 Å². The second kappa shape index (κ2) is 30.8. The maximum absolute atomic E-state index is 15.0. The fourth-order valence-corrected chi connectivity index (χ4v) is 8.94. The van der Waals surface area contributed by atoms with Gasteiger partial charge in [0.2, 0.25) is 0 Å². The summed E-state index contributed by atoms with van der Waals surface area (Å²) >= 11 is 0. The van der Waals surface area contributed by atoms with E-state index in [1.165, 1.54) is 0 Å². The molecular formula is C40H56F4N8O40P4. The van der Waals surface area contributed by atoms with Crippen molar-refractivity contribution in [2.75, 3.05) is 26.3 Å². The summed E-state index contributed by atoms with van der Waals surface area (Å²) in [5, 5.41) is 115. The molecule has 0 unspecified atom stereocenters. The highest BCUT2D eigenvalue weighted by Gasteiger charge is 2.61. The molecule has 0 aliphatic carbocycles. The molecule has 0 spiro atoms. The highest BCUT2D eigenvalue weighted by molar-refractivity contribution is 7.47. The monoisotopic (exact) mass is 1490 g/mol. The fourth-order valence-electron chi connectivity index (χ4n) is 7.76. The second-order valence-corrected chi connectivity index (χ2v) is 24.0. The first-order valence-corrected chi connectivity index (χ1v) is 31.0. The summed E-state index contributed by atoms with van der Waals surface area (Å²) in [6, 6.07) is 0. The van der Waals surface area contributed by atoms with Crippen molar-refractivity contribution in [1.29, 1.82) is 0 Å². The van der Waals surface area contributed by atoms with E-state index in [-0.39, 0.29) is 14.7 Å². The number of nitrogens with zero attached hydrogens (tertiary/aromatic N) is 4. The Bertz CT molecular complexity index is 4460. The van der Waals surface area contributed by atoms with Crippen molar-refractivity contribution in [3.05, 3.63) is 130 Å². The first-order chi connectivity index (χ1) is 46.1. The van der Waals surface area contributed by atoms with E-state index >= 15 is 4.39 Å². The number of hydrogen-bond donors (Lipinski definition) is 24. The van der Waals surface area contributed by atoms with Crippen LogP contribution in [-0.2, 0) is 81.7 Å². The van der Waals surface area contributed by atoms with Gasteiger partial charge in [0, 0.05) is 24.8 Å². The number of ether oxygens (including phenoxy) is 4. The minimum atomic E-state index is -5.67. The number of aromatic nitrogens is 8. The van der Waals surface area contributed by atoms with Crippen LogP contribution in [0, 0.1) is 0 Å². The standard InChI is InChI=1S/4C10H14FN2O10P/c4*11-10(3-22-24(19,20)21)6(16)5(15)8(23-10)13-1-4(2-14)7(17)12-9(13)18/h4*1,5-6,8,14-16H,2-3H2,(H,12,17,18)(H2,19,20,21)/t4*5-,6+,8-,10-/m1111/s1/i3D2,8D;8D;3D2;. The van der Waals surface area contributed by atoms with Gasteiger partial charge in [0.15, 0.2) is 24.9 Å². The summed E-state index contributed by atoms with van der Waals surface area (Å²) < 4.78 is 181. The Labute approximate surface area is 530 Å². The number of phosphoric ester groups is 4. The lowest BCUT2D eigenvalue weighted by molar-refractivity contribution is -0.205. The Kier molecular flexibility index (Phi) is 22.9. The van der Waals surface area contributed by atoms with Gasteiger partial charge in [0.1, 0.15) is 75.2 Å². The normalized spacial score (nSPS) is 33.4. The van der Waals surface area contributed by atoms with Crippen molar-refractivity contribution in [1.82, 2.24) is 38.2 Å². The molecule has 24 N–H and O–H groups in total. The number of rotatable bonds is 20. The molecule has 0 amide bonds. The largest absolute Gasteiger partial charge is 0.469 e. The molecule has 4 saturated heterocycles. The fraction of sp³-hybridized carbons (Fsp3) is 0.600. The van der Waals surface area contributed by atoms with Crippen LogP contribution in [0.1, 0.15) is 55.3 Å². The second-order valence-electron chi connectivity index (χ2n) is 19.1. The molecule has 4 aliphatic rings. The molecule has 56 heteroatoms. The lowest BCUT2D eigenvalue weighted by atomic mass is 10.1. The zero-order valence-electron chi connectivity index (χ0n) is 52.5. The maximum Gasteiger partial charge on any atom is 0.469 e. The van der Waals surface area contributed by atoms with Gasteiger partial charge in [-0.1, -0.05) is 0 Å². The summed E-state index contributed by atoms with van der Waals surface area (Å²) in [7, 11) is -21.5. The van der Waals surface area contributed by atoms with Gasteiger partial charge in [-0.3, -0.25) is 75.5 Å². The van der Waals surface area contributed by atoms with E-state index in [0.717, 1.165) is 6.20 Å². The van der Waals surface area contributed by atoms with E-state index in [2.05, 4.69) is 32.3 Å². The predicted octanol–water partition coefficient (Wildman–Crippen LogP) is -11.8. The molecule has 4 aliphatic heterocycles. The molecule has 544 valence electrons. The lowest BCUT2D eigenvalue weighted by Gasteiger charge is -2.22. The Morgan fingerprint density at radius 2 is 0.635 bits per heavy atom. The molecule has 0 aromatic carbocycles. The van der Waals surface area contributed by atoms with Crippen LogP contribution in [0.15, 0.2) is 63.1 Å². The smallest absolute Gasteiger partial charge is 0.391 e. The third kappa shape index (κ3) is 19.4. The van der Waals surface area contributed by atoms with Gasteiger partial charge in [-0.25, -0.2) is 55.0 Å². The third-order valence-corrected chi connectivity index (χ3v) is 14.0. The van der Waals surface area contributed by atoms with E-state index in [1.54, 1.807) is 19.9 Å². The van der Waals surface area contributed by atoms with Crippen LogP contribution in [0.4, 0.5) is 17.6 Å². The van der Waals surface area contributed by atoms with E-state index in [0.29, 0.717) is 27.7 Å². The van der Waals surface area contributed by atoms with Crippen molar-refractivity contribution in [2.24, 2.45) is 0 Å². The number of alkyl halides is 4. The Morgan fingerprint density at radius 3 is 0.938 bits per heavy atom. The zero-order chi connectivity index (χ0) is 78.6. The van der Waals surface area contributed by atoms with Gasteiger partial charge < -0.3 is 119 Å². The number of aromatic amines is 4. The predicted molar refractivity (Wildman–Crippen MR) is 285 cm³/mol. The van der Waals surface area contributed by atoms with Gasteiger partial charge >= 0.3 is 54.0 Å². The molecule has 0 bridgehead atoms. The molecule has 96 heavy (non-hydrogen) atoms. The quantitative estimate of drug-likeness (QED) is 0.0289. The summed E-state index contributed by atoms with van der Waals surface area (Å²) in [5.41, 5.74) is -10.8. The summed E-state index contributed by atoms with van der Waals surface area (Å²) in [6.07, 6.45) is -27.8.